The van der Waals surface area contributed by atoms with Crippen molar-refractivity contribution in [2.75, 3.05) is 19.8 Å². The van der Waals surface area contributed by atoms with Crippen LogP contribution in [0.25, 0.3) is 0 Å². The summed E-state index contributed by atoms with van der Waals surface area (Å²) >= 11 is 6.14. The molecule has 1 aromatic heterocycles. The standard InChI is InChI=1S/C16H20ClFN4O/c1-16(12-6-14(18)19-8-13(12)17)10-21-15(9-22-16)20-7-11-2-4-23-5-3-11/h6,8-11,20,22H,2-5,7H2,1H3. The summed E-state index contributed by atoms with van der Waals surface area (Å²) in [4.78, 5) is 8.00. The van der Waals surface area contributed by atoms with E-state index in [1.807, 2.05) is 6.92 Å². The molecule has 0 bridgehead atoms. The second kappa shape index (κ2) is 6.84. The van der Waals surface area contributed by atoms with E-state index < -0.39 is 11.5 Å². The first kappa shape index (κ1) is 16.2. The van der Waals surface area contributed by atoms with E-state index in [1.165, 1.54) is 12.3 Å². The van der Waals surface area contributed by atoms with E-state index in [1.54, 1.807) is 12.4 Å². The number of nitrogens with one attached hydrogen (secondary N) is 2. The van der Waals surface area contributed by atoms with Crippen LogP contribution in [-0.4, -0.2) is 31.0 Å². The Morgan fingerprint density at radius 2 is 2.26 bits per heavy atom. The van der Waals surface area contributed by atoms with Crippen LogP contribution in [0.15, 0.2) is 29.3 Å². The third-order valence-corrected chi connectivity index (χ3v) is 4.57. The summed E-state index contributed by atoms with van der Waals surface area (Å²) in [6, 6.07) is 1.33. The van der Waals surface area contributed by atoms with Gasteiger partial charge in [-0.15, -0.1) is 0 Å². The van der Waals surface area contributed by atoms with Crippen LogP contribution in [-0.2, 0) is 10.3 Å². The highest BCUT2D eigenvalue weighted by molar-refractivity contribution is 6.31. The minimum Gasteiger partial charge on any atom is -0.381 e. The zero-order valence-electron chi connectivity index (χ0n) is 13.0. The Hall–Kier alpha value is -1.66. The molecule has 0 saturated carbocycles. The fourth-order valence-corrected chi connectivity index (χ4v) is 3.05. The van der Waals surface area contributed by atoms with Crippen molar-refractivity contribution in [2.45, 2.75) is 25.3 Å². The molecule has 2 N–H and O–H groups in total. The highest BCUT2D eigenvalue weighted by Crippen LogP contribution is 2.28. The summed E-state index contributed by atoms with van der Waals surface area (Å²) < 4.78 is 18.8. The maximum atomic E-state index is 13.4. The molecule has 0 spiro atoms. The van der Waals surface area contributed by atoms with Gasteiger partial charge in [-0.05, 0) is 25.7 Å². The Balaban J connectivity index is 1.63. The van der Waals surface area contributed by atoms with Crippen molar-refractivity contribution in [1.82, 2.24) is 15.6 Å². The second-order valence-electron chi connectivity index (χ2n) is 6.06. The summed E-state index contributed by atoms with van der Waals surface area (Å²) in [5.41, 5.74) is -0.0554. The van der Waals surface area contributed by atoms with E-state index in [-0.39, 0.29) is 0 Å². The molecule has 5 nitrogen and oxygen atoms in total. The Morgan fingerprint density at radius 1 is 1.48 bits per heavy atom. The minimum atomic E-state index is -0.662. The van der Waals surface area contributed by atoms with Crippen molar-refractivity contribution in [3.63, 3.8) is 0 Å². The molecule has 3 rings (SSSR count). The average Bonchev–Trinajstić information content (AvgIpc) is 2.57. The zero-order chi connectivity index (χ0) is 16.3. The van der Waals surface area contributed by atoms with Gasteiger partial charge < -0.3 is 15.4 Å². The van der Waals surface area contributed by atoms with Gasteiger partial charge in [0.2, 0.25) is 5.95 Å². The van der Waals surface area contributed by atoms with E-state index in [4.69, 9.17) is 16.3 Å². The van der Waals surface area contributed by atoms with Crippen molar-refractivity contribution >= 4 is 17.8 Å². The van der Waals surface area contributed by atoms with Gasteiger partial charge >= 0.3 is 0 Å². The number of aliphatic imine (C=N–C) groups is 1. The lowest BCUT2D eigenvalue weighted by molar-refractivity contribution is 0.0670. The van der Waals surface area contributed by atoms with E-state index in [2.05, 4.69) is 20.6 Å². The lowest BCUT2D eigenvalue weighted by Gasteiger charge is -2.31. The molecule has 7 heteroatoms. The Bertz CT molecular complexity index is 631. The third kappa shape index (κ3) is 3.82. The summed E-state index contributed by atoms with van der Waals surface area (Å²) in [7, 11) is 0. The molecule has 3 heterocycles. The van der Waals surface area contributed by atoms with Gasteiger partial charge in [-0.3, -0.25) is 0 Å². The first-order chi connectivity index (χ1) is 11.1. The van der Waals surface area contributed by atoms with Crippen molar-refractivity contribution < 1.29 is 9.13 Å². The van der Waals surface area contributed by atoms with Crippen molar-refractivity contribution in [3.8, 4) is 0 Å². The zero-order valence-corrected chi connectivity index (χ0v) is 13.7. The van der Waals surface area contributed by atoms with Crippen LogP contribution in [0.5, 0.6) is 0 Å². The quantitative estimate of drug-likeness (QED) is 0.828. The van der Waals surface area contributed by atoms with Crippen molar-refractivity contribution in [3.05, 3.63) is 40.8 Å². The Morgan fingerprint density at radius 3 is 2.96 bits per heavy atom. The molecule has 0 aliphatic carbocycles. The third-order valence-electron chi connectivity index (χ3n) is 4.26. The molecule has 0 aromatic carbocycles. The molecule has 124 valence electrons. The number of nitrogens with zero attached hydrogens (tertiary/aromatic N) is 2. The number of aromatic nitrogens is 1. The van der Waals surface area contributed by atoms with E-state index in [0.717, 1.165) is 38.4 Å². The van der Waals surface area contributed by atoms with E-state index in [0.29, 0.717) is 16.5 Å². The van der Waals surface area contributed by atoms with Gasteiger partial charge in [0.1, 0.15) is 5.82 Å². The molecule has 1 unspecified atom stereocenters. The number of hydrogen-bond acceptors (Lipinski definition) is 5. The summed E-state index contributed by atoms with van der Waals surface area (Å²) in [5.74, 6) is 0.810. The lowest BCUT2D eigenvalue weighted by Crippen LogP contribution is -2.42. The van der Waals surface area contributed by atoms with E-state index in [9.17, 15) is 4.39 Å². The van der Waals surface area contributed by atoms with Gasteiger partial charge in [0.25, 0.3) is 0 Å². The Labute approximate surface area is 140 Å². The van der Waals surface area contributed by atoms with Crippen LogP contribution in [0, 0.1) is 11.9 Å². The van der Waals surface area contributed by atoms with Crippen molar-refractivity contribution in [2.24, 2.45) is 10.9 Å². The van der Waals surface area contributed by atoms with Crippen LogP contribution in [0.4, 0.5) is 4.39 Å². The normalized spacial score (nSPS) is 24.9. The molecule has 1 saturated heterocycles. The van der Waals surface area contributed by atoms with Crippen LogP contribution in [0.1, 0.15) is 25.3 Å². The molecular formula is C16H20ClFN4O. The van der Waals surface area contributed by atoms with Gasteiger partial charge in [0.05, 0.1) is 10.6 Å². The number of rotatable bonds is 4. The van der Waals surface area contributed by atoms with Crippen molar-refractivity contribution in [1.29, 1.82) is 0 Å². The monoisotopic (exact) mass is 338 g/mol. The molecule has 1 fully saturated rings. The molecule has 23 heavy (non-hydrogen) atoms. The van der Waals surface area contributed by atoms with Crippen LogP contribution in [0.2, 0.25) is 5.02 Å². The number of halogens is 2. The minimum absolute atomic E-state index is 0.403. The van der Waals surface area contributed by atoms with Crippen LogP contribution >= 0.6 is 11.6 Å². The summed E-state index contributed by atoms with van der Waals surface area (Å²) in [6.07, 6.45) is 6.99. The average molecular weight is 339 g/mol. The number of pyridine rings is 1. The highest BCUT2D eigenvalue weighted by atomic mass is 35.5. The summed E-state index contributed by atoms with van der Waals surface area (Å²) in [5, 5.41) is 6.98. The largest absolute Gasteiger partial charge is 0.381 e. The predicted molar refractivity (Wildman–Crippen MR) is 87.8 cm³/mol. The lowest BCUT2D eigenvalue weighted by atomic mass is 9.93. The number of hydrogen-bond donors (Lipinski definition) is 2. The first-order valence-corrected chi connectivity index (χ1v) is 8.11. The Kier molecular flexibility index (Phi) is 4.82. The molecule has 2 aliphatic heterocycles. The number of ether oxygens (including phenoxy) is 1. The highest BCUT2D eigenvalue weighted by Gasteiger charge is 2.29. The SMILES string of the molecule is CC1(c2cc(F)ncc2Cl)C=NC(NCC2CCOCC2)=CN1. The molecule has 0 radical (unpaired) electrons. The fraction of sp³-hybridized carbons (Fsp3) is 0.500. The van der Waals surface area contributed by atoms with Crippen LogP contribution < -0.4 is 10.6 Å². The molecule has 2 aliphatic rings. The predicted octanol–water partition coefficient (Wildman–Crippen LogP) is 2.58. The molecule has 1 atom stereocenters. The first-order valence-electron chi connectivity index (χ1n) is 7.73. The van der Waals surface area contributed by atoms with E-state index >= 15 is 0 Å². The maximum Gasteiger partial charge on any atom is 0.213 e. The van der Waals surface area contributed by atoms with Crippen LogP contribution in [0.3, 0.4) is 0 Å². The van der Waals surface area contributed by atoms with Gasteiger partial charge in [-0.2, -0.15) is 4.39 Å². The second-order valence-corrected chi connectivity index (χ2v) is 6.47. The topological polar surface area (TPSA) is 58.5 Å². The fourth-order valence-electron chi connectivity index (χ4n) is 2.75. The maximum absolute atomic E-state index is 13.4. The van der Waals surface area contributed by atoms with Gasteiger partial charge in [-0.25, -0.2) is 9.98 Å². The smallest absolute Gasteiger partial charge is 0.213 e. The van der Waals surface area contributed by atoms with Gasteiger partial charge in [0, 0.05) is 50.0 Å². The van der Waals surface area contributed by atoms with Gasteiger partial charge in [-0.1, -0.05) is 11.6 Å². The molecule has 0 amide bonds. The molecule has 1 aromatic rings. The summed E-state index contributed by atoms with van der Waals surface area (Å²) in [6.45, 7) is 4.42. The molecular weight excluding hydrogens is 319 g/mol. The van der Waals surface area contributed by atoms with Gasteiger partial charge in [0.15, 0.2) is 0 Å².